The largest absolute Gasteiger partial charge is 0.496 e. The number of fused-ring (bicyclic) bond motifs is 1. The number of halogens is 1. The fourth-order valence-electron chi connectivity index (χ4n) is 5.18. The second-order valence-electron chi connectivity index (χ2n) is 10.1. The van der Waals surface area contributed by atoms with E-state index in [1.165, 1.54) is 0 Å². The fourth-order valence-corrected chi connectivity index (χ4v) is 7.94. The third-order valence-electron chi connectivity index (χ3n) is 7.56. The van der Waals surface area contributed by atoms with Crippen LogP contribution < -0.4 is 15.4 Å². The summed E-state index contributed by atoms with van der Waals surface area (Å²) in [7, 11) is -1.24. The molecule has 1 amide bonds. The number of amides is 1. The molecule has 2 aliphatic rings. The quantitative estimate of drug-likeness (QED) is 0.435. The second kappa shape index (κ2) is 10.1. The first kappa shape index (κ1) is 25.7. The molecule has 5 rings (SSSR count). The van der Waals surface area contributed by atoms with Crippen molar-refractivity contribution in [2.45, 2.75) is 46.1 Å². The number of hydrogen-bond donors (Lipinski definition) is 1. The molecule has 0 bridgehead atoms. The summed E-state index contributed by atoms with van der Waals surface area (Å²) >= 11 is 0. The van der Waals surface area contributed by atoms with Crippen molar-refractivity contribution in [2.24, 2.45) is 5.92 Å². The van der Waals surface area contributed by atoms with Gasteiger partial charge in [0.15, 0.2) is 0 Å². The number of nitrogens with zero attached hydrogens (tertiary/aromatic N) is 3. The van der Waals surface area contributed by atoms with Crippen LogP contribution in [-0.2, 0) is 15.8 Å². The van der Waals surface area contributed by atoms with E-state index in [9.17, 15) is 9.36 Å². The van der Waals surface area contributed by atoms with Crippen molar-refractivity contribution in [1.82, 2.24) is 14.9 Å². The highest BCUT2D eigenvalue weighted by Crippen LogP contribution is 2.50. The maximum Gasteiger partial charge on any atom is 0.225 e. The van der Waals surface area contributed by atoms with Gasteiger partial charge in [-0.15, -0.1) is 0 Å². The Bertz CT molecular complexity index is 1400. The molecule has 1 saturated heterocycles. The molecule has 9 heteroatoms. The molecule has 1 N–H and O–H groups in total. The molecule has 2 aromatic carbocycles. The van der Waals surface area contributed by atoms with Crippen LogP contribution in [0.3, 0.4) is 0 Å². The van der Waals surface area contributed by atoms with Crippen LogP contribution in [0.15, 0.2) is 30.3 Å². The SMILES string of the molecule is CCc1cccc([C@@H](C)Nc2nc(C)nc3cc(OC)c(P4(=O)CCN(C(=O)C5CC5)CC4)cc23)c1F. The predicted octanol–water partition coefficient (Wildman–Crippen LogP) is 5.06. The van der Waals surface area contributed by atoms with Gasteiger partial charge in [0.1, 0.15) is 30.4 Å². The lowest BCUT2D eigenvalue weighted by Gasteiger charge is -2.33. The summed E-state index contributed by atoms with van der Waals surface area (Å²) in [5, 5.41) is 4.75. The highest BCUT2D eigenvalue weighted by molar-refractivity contribution is 7.72. The van der Waals surface area contributed by atoms with E-state index in [0.717, 1.165) is 12.8 Å². The van der Waals surface area contributed by atoms with Gasteiger partial charge in [0, 0.05) is 48.3 Å². The summed E-state index contributed by atoms with van der Waals surface area (Å²) in [4.78, 5) is 23.6. The number of nitrogens with one attached hydrogen (secondary N) is 1. The molecular formula is C28H34FN4O3P. The molecule has 0 spiro atoms. The average molecular weight is 525 g/mol. The van der Waals surface area contributed by atoms with Crippen molar-refractivity contribution in [3.05, 3.63) is 53.1 Å². The number of aryl methyl sites for hydroxylation is 2. The van der Waals surface area contributed by atoms with E-state index in [-0.39, 0.29) is 23.7 Å². The summed E-state index contributed by atoms with van der Waals surface area (Å²) in [5.41, 5.74) is 1.91. The number of carbonyl (C=O) groups excluding carboxylic acids is 1. The van der Waals surface area contributed by atoms with Crippen LogP contribution in [0.4, 0.5) is 10.2 Å². The van der Waals surface area contributed by atoms with Gasteiger partial charge in [0.2, 0.25) is 5.91 Å². The van der Waals surface area contributed by atoms with Crippen LogP contribution in [0.1, 0.15) is 49.7 Å². The molecule has 1 aliphatic carbocycles. The van der Waals surface area contributed by atoms with Gasteiger partial charge in [-0.2, -0.15) is 0 Å². The van der Waals surface area contributed by atoms with Crippen LogP contribution in [0.25, 0.3) is 10.9 Å². The third-order valence-corrected chi connectivity index (χ3v) is 10.6. The average Bonchev–Trinajstić information content (AvgIpc) is 3.73. The Morgan fingerprint density at radius 1 is 1.24 bits per heavy atom. The summed E-state index contributed by atoms with van der Waals surface area (Å²) in [6, 6.07) is 8.80. The Labute approximate surface area is 217 Å². The molecule has 1 aromatic heterocycles. The lowest BCUT2D eigenvalue weighted by atomic mass is 10.0. The topological polar surface area (TPSA) is 84.4 Å². The van der Waals surface area contributed by atoms with E-state index < -0.39 is 7.14 Å². The Kier molecular flexibility index (Phi) is 6.97. The van der Waals surface area contributed by atoms with Crippen molar-refractivity contribution < 1.29 is 18.5 Å². The molecule has 1 atom stereocenters. The predicted molar refractivity (Wildman–Crippen MR) is 145 cm³/mol. The Morgan fingerprint density at radius 2 is 1.97 bits per heavy atom. The monoisotopic (exact) mass is 524 g/mol. The van der Waals surface area contributed by atoms with Gasteiger partial charge in [-0.05, 0) is 44.7 Å². The number of carbonyl (C=O) groups is 1. The molecule has 2 heterocycles. The van der Waals surface area contributed by atoms with E-state index in [0.29, 0.717) is 76.6 Å². The van der Waals surface area contributed by atoms with Gasteiger partial charge >= 0.3 is 0 Å². The van der Waals surface area contributed by atoms with E-state index in [1.807, 2.05) is 43.9 Å². The number of benzene rings is 2. The molecule has 37 heavy (non-hydrogen) atoms. The fraction of sp³-hybridized carbons (Fsp3) is 0.464. The lowest BCUT2D eigenvalue weighted by molar-refractivity contribution is -0.132. The maximum absolute atomic E-state index is 15.1. The highest BCUT2D eigenvalue weighted by atomic mass is 31.2. The van der Waals surface area contributed by atoms with Gasteiger partial charge in [0.25, 0.3) is 0 Å². The van der Waals surface area contributed by atoms with Crippen LogP contribution in [-0.4, -0.2) is 53.3 Å². The molecular weight excluding hydrogens is 490 g/mol. The van der Waals surface area contributed by atoms with Crippen molar-refractivity contribution in [3.63, 3.8) is 0 Å². The lowest BCUT2D eigenvalue weighted by Crippen LogP contribution is -2.42. The summed E-state index contributed by atoms with van der Waals surface area (Å²) in [6.07, 6.45) is 3.39. The van der Waals surface area contributed by atoms with Crippen LogP contribution in [0.2, 0.25) is 0 Å². The minimum absolute atomic E-state index is 0.159. The molecule has 2 fully saturated rings. The zero-order valence-electron chi connectivity index (χ0n) is 21.9. The first-order valence-corrected chi connectivity index (χ1v) is 15.1. The number of anilines is 1. The highest BCUT2D eigenvalue weighted by Gasteiger charge is 2.39. The van der Waals surface area contributed by atoms with Gasteiger partial charge < -0.3 is 19.5 Å². The van der Waals surface area contributed by atoms with Gasteiger partial charge in [-0.25, -0.2) is 14.4 Å². The third kappa shape index (κ3) is 4.96. The second-order valence-corrected chi connectivity index (χ2v) is 13.3. The molecule has 196 valence electrons. The molecule has 1 saturated carbocycles. The zero-order chi connectivity index (χ0) is 26.3. The Morgan fingerprint density at radius 3 is 2.62 bits per heavy atom. The molecule has 0 unspecified atom stereocenters. The number of ether oxygens (including phenoxy) is 1. The van der Waals surface area contributed by atoms with Crippen molar-refractivity contribution in [2.75, 3.05) is 37.8 Å². The van der Waals surface area contributed by atoms with E-state index in [1.54, 1.807) is 19.2 Å². The number of methoxy groups -OCH3 is 1. The van der Waals surface area contributed by atoms with Gasteiger partial charge in [0.05, 0.1) is 24.0 Å². The standard InChI is InChI=1S/C28H34FN4O3P/c1-5-19-7-6-8-21(26(19)29)17(2)30-27-22-15-25(24(36-4)16-23(22)31-18(3)32-27)37(35)13-11-33(12-14-37)28(34)20-9-10-20/h6-8,15-17,20H,5,9-14H2,1-4H3,(H,30,31,32)/t17-/m1/s1. The molecule has 3 aromatic rings. The number of aromatic nitrogens is 2. The summed E-state index contributed by atoms with van der Waals surface area (Å²) in [6.45, 7) is 6.63. The van der Waals surface area contributed by atoms with Crippen molar-refractivity contribution in [1.29, 1.82) is 0 Å². The normalized spacial score (nSPS) is 18.0. The Hall–Kier alpha value is -2.99. The minimum Gasteiger partial charge on any atom is -0.496 e. The minimum atomic E-state index is -2.82. The number of hydrogen-bond acceptors (Lipinski definition) is 6. The van der Waals surface area contributed by atoms with Crippen LogP contribution in [0, 0.1) is 18.7 Å². The van der Waals surface area contributed by atoms with Crippen LogP contribution >= 0.6 is 7.14 Å². The Balaban J connectivity index is 1.50. The van der Waals surface area contributed by atoms with Gasteiger partial charge in [-0.3, -0.25) is 4.79 Å². The first-order chi connectivity index (χ1) is 17.7. The van der Waals surface area contributed by atoms with Crippen molar-refractivity contribution in [3.8, 4) is 5.75 Å². The molecule has 0 radical (unpaired) electrons. The summed E-state index contributed by atoms with van der Waals surface area (Å²) in [5.74, 6) is 1.82. The van der Waals surface area contributed by atoms with Crippen LogP contribution in [0.5, 0.6) is 5.75 Å². The zero-order valence-corrected chi connectivity index (χ0v) is 22.8. The van der Waals surface area contributed by atoms with Gasteiger partial charge in [-0.1, -0.05) is 25.1 Å². The molecule has 7 nitrogen and oxygen atoms in total. The van der Waals surface area contributed by atoms with E-state index in [4.69, 9.17) is 4.74 Å². The van der Waals surface area contributed by atoms with E-state index in [2.05, 4.69) is 15.3 Å². The smallest absolute Gasteiger partial charge is 0.225 e. The summed E-state index contributed by atoms with van der Waals surface area (Å²) < 4.78 is 35.0. The van der Waals surface area contributed by atoms with Crippen molar-refractivity contribution >= 4 is 35.1 Å². The molecule has 1 aliphatic heterocycles. The first-order valence-electron chi connectivity index (χ1n) is 13.0. The van der Waals surface area contributed by atoms with E-state index >= 15 is 4.39 Å². The maximum atomic E-state index is 15.1. The number of rotatable bonds is 7.